The number of halogens is 2. The molecule has 1 aromatic carbocycles. The Morgan fingerprint density at radius 3 is 2.67 bits per heavy atom. The third-order valence-corrected chi connectivity index (χ3v) is 3.34. The summed E-state index contributed by atoms with van der Waals surface area (Å²) in [5, 5.41) is 3.26. The van der Waals surface area contributed by atoms with E-state index in [0.717, 1.165) is 44.4 Å². The minimum absolute atomic E-state index is 0.0407. The molecular weight excluding hydrogens is 236 g/mol. The van der Waals surface area contributed by atoms with Crippen molar-refractivity contribution < 1.29 is 13.6 Å². The van der Waals surface area contributed by atoms with E-state index < -0.39 is 23.0 Å². The molecule has 2 nitrogen and oxygen atoms in total. The second kappa shape index (κ2) is 6.05. The van der Waals surface area contributed by atoms with Crippen LogP contribution in [0.2, 0.25) is 0 Å². The highest BCUT2D eigenvalue weighted by Gasteiger charge is 2.21. The molecule has 0 aliphatic carbocycles. The fourth-order valence-electron chi connectivity index (χ4n) is 2.37. The van der Waals surface area contributed by atoms with Crippen molar-refractivity contribution in [1.29, 1.82) is 0 Å². The molecule has 1 unspecified atom stereocenters. The van der Waals surface area contributed by atoms with Crippen LogP contribution >= 0.6 is 0 Å². The van der Waals surface area contributed by atoms with Crippen molar-refractivity contribution in [3.05, 3.63) is 35.4 Å². The summed E-state index contributed by atoms with van der Waals surface area (Å²) in [4.78, 5) is 11.9. The van der Waals surface area contributed by atoms with Crippen molar-refractivity contribution in [2.24, 2.45) is 0 Å². The normalized spacial score (nSPS) is 20.4. The average molecular weight is 253 g/mol. The van der Waals surface area contributed by atoms with Gasteiger partial charge in [-0.15, -0.1) is 0 Å². The second-order valence-corrected chi connectivity index (χ2v) is 4.72. The summed E-state index contributed by atoms with van der Waals surface area (Å²) in [6, 6.07) is 3.55. The van der Waals surface area contributed by atoms with Crippen molar-refractivity contribution in [3.63, 3.8) is 0 Å². The first-order valence-corrected chi connectivity index (χ1v) is 6.39. The van der Waals surface area contributed by atoms with E-state index >= 15 is 0 Å². The summed E-state index contributed by atoms with van der Waals surface area (Å²) < 4.78 is 26.9. The number of carbonyl (C=O) groups is 1. The molecule has 1 saturated heterocycles. The maximum absolute atomic E-state index is 13.5. The lowest BCUT2D eigenvalue weighted by atomic mass is 10.00. The third-order valence-electron chi connectivity index (χ3n) is 3.34. The molecule has 1 aliphatic heterocycles. The molecule has 1 aliphatic rings. The fourth-order valence-corrected chi connectivity index (χ4v) is 2.37. The molecule has 0 spiro atoms. The van der Waals surface area contributed by atoms with Crippen molar-refractivity contribution >= 4 is 5.78 Å². The molecule has 0 bridgehead atoms. The van der Waals surface area contributed by atoms with Crippen LogP contribution in [-0.4, -0.2) is 18.4 Å². The van der Waals surface area contributed by atoms with Gasteiger partial charge >= 0.3 is 0 Å². The van der Waals surface area contributed by atoms with Crippen LogP contribution in [0.1, 0.15) is 42.5 Å². The van der Waals surface area contributed by atoms with E-state index in [4.69, 9.17) is 0 Å². The van der Waals surface area contributed by atoms with Gasteiger partial charge in [-0.2, -0.15) is 0 Å². The number of benzene rings is 1. The SMILES string of the molecule is O=C(CC1CCCCCN1)c1c(F)cccc1F. The number of rotatable bonds is 3. The lowest BCUT2D eigenvalue weighted by Crippen LogP contribution is -2.31. The Kier molecular flexibility index (Phi) is 4.42. The highest BCUT2D eigenvalue weighted by molar-refractivity contribution is 5.96. The van der Waals surface area contributed by atoms with Gasteiger partial charge in [-0.05, 0) is 31.5 Å². The largest absolute Gasteiger partial charge is 0.314 e. The minimum atomic E-state index is -0.770. The molecule has 1 aromatic rings. The molecule has 0 saturated carbocycles. The van der Waals surface area contributed by atoms with Crippen LogP contribution < -0.4 is 5.32 Å². The third kappa shape index (κ3) is 3.13. The smallest absolute Gasteiger partial charge is 0.170 e. The van der Waals surface area contributed by atoms with Crippen LogP contribution in [0.4, 0.5) is 8.78 Å². The van der Waals surface area contributed by atoms with Crippen molar-refractivity contribution in [2.75, 3.05) is 6.54 Å². The van der Waals surface area contributed by atoms with Gasteiger partial charge in [0.2, 0.25) is 0 Å². The molecule has 98 valence electrons. The van der Waals surface area contributed by atoms with Gasteiger partial charge in [0.1, 0.15) is 11.6 Å². The molecule has 0 radical (unpaired) electrons. The zero-order valence-corrected chi connectivity index (χ0v) is 10.2. The molecule has 18 heavy (non-hydrogen) atoms. The van der Waals surface area contributed by atoms with Gasteiger partial charge in [-0.3, -0.25) is 4.79 Å². The number of nitrogens with one attached hydrogen (secondary N) is 1. The highest BCUT2D eigenvalue weighted by Crippen LogP contribution is 2.18. The maximum Gasteiger partial charge on any atom is 0.170 e. The maximum atomic E-state index is 13.5. The standard InChI is InChI=1S/C14H17F2NO/c15-11-6-4-7-12(16)14(11)13(18)9-10-5-2-1-3-8-17-10/h4,6-7,10,17H,1-3,5,8-9H2. The van der Waals surface area contributed by atoms with Crippen LogP contribution in [0.3, 0.4) is 0 Å². The predicted molar refractivity (Wildman–Crippen MR) is 65.6 cm³/mol. The number of Topliss-reactive ketones (excluding diaryl/α,β-unsaturated/α-hetero) is 1. The van der Waals surface area contributed by atoms with Gasteiger partial charge in [0.15, 0.2) is 5.78 Å². The van der Waals surface area contributed by atoms with E-state index in [2.05, 4.69) is 5.32 Å². The van der Waals surface area contributed by atoms with Gasteiger partial charge < -0.3 is 5.32 Å². The fraction of sp³-hybridized carbons (Fsp3) is 0.500. The lowest BCUT2D eigenvalue weighted by Gasteiger charge is -2.15. The molecule has 4 heteroatoms. The van der Waals surface area contributed by atoms with Gasteiger partial charge in [-0.1, -0.05) is 18.9 Å². The zero-order valence-electron chi connectivity index (χ0n) is 10.2. The Morgan fingerprint density at radius 2 is 1.94 bits per heavy atom. The minimum Gasteiger partial charge on any atom is -0.314 e. The highest BCUT2D eigenvalue weighted by atomic mass is 19.1. The topological polar surface area (TPSA) is 29.1 Å². The summed E-state index contributed by atoms with van der Waals surface area (Å²) in [6.07, 6.45) is 4.36. The van der Waals surface area contributed by atoms with Crippen LogP contribution in [0.25, 0.3) is 0 Å². The monoisotopic (exact) mass is 253 g/mol. The Bertz CT molecular complexity index is 406. The van der Waals surface area contributed by atoms with Gasteiger partial charge in [0, 0.05) is 12.5 Å². The summed E-state index contributed by atoms with van der Waals surface area (Å²) in [6.45, 7) is 0.873. The Hall–Kier alpha value is -1.29. The Labute approximate surface area is 105 Å². The van der Waals surface area contributed by atoms with Gasteiger partial charge in [0.05, 0.1) is 5.56 Å². The predicted octanol–water partition coefficient (Wildman–Crippen LogP) is 3.07. The van der Waals surface area contributed by atoms with Crippen LogP contribution in [0.5, 0.6) is 0 Å². The average Bonchev–Trinajstić information content (AvgIpc) is 2.57. The Morgan fingerprint density at radius 1 is 1.22 bits per heavy atom. The Balaban J connectivity index is 2.07. The molecule has 1 atom stereocenters. The molecule has 1 N–H and O–H groups in total. The summed E-state index contributed by atoms with van der Waals surface area (Å²) in [7, 11) is 0. The van der Waals surface area contributed by atoms with E-state index in [1.165, 1.54) is 6.07 Å². The first-order valence-electron chi connectivity index (χ1n) is 6.39. The number of carbonyl (C=O) groups excluding carboxylic acids is 1. The van der Waals surface area contributed by atoms with E-state index in [1.54, 1.807) is 0 Å². The lowest BCUT2D eigenvalue weighted by molar-refractivity contribution is 0.0960. The first kappa shape index (κ1) is 13.1. The van der Waals surface area contributed by atoms with Crippen molar-refractivity contribution in [3.8, 4) is 0 Å². The van der Waals surface area contributed by atoms with Crippen molar-refractivity contribution in [2.45, 2.75) is 38.1 Å². The summed E-state index contributed by atoms with van der Waals surface area (Å²) in [5.41, 5.74) is -0.399. The van der Waals surface area contributed by atoms with E-state index in [-0.39, 0.29) is 12.5 Å². The van der Waals surface area contributed by atoms with E-state index in [1.807, 2.05) is 0 Å². The molecule has 0 amide bonds. The van der Waals surface area contributed by atoms with Crippen molar-refractivity contribution in [1.82, 2.24) is 5.32 Å². The van der Waals surface area contributed by atoms with Gasteiger partial charge in [-0.25, -0.2) is 8.78 Å². The number of hydrogen-bond donors (Lipinski definition) is 1. The molecule has 2 rings (SSSR count). The molecule has 0 aromatic heterocycles. The zero-order chi connectivity index (χ0) is 13.0. The molecular formula is C14H17F2NO. The first-order chi connectivity index (χ1) is 8.68. The molecule has 1 heterocycles. The number of ketones is 1. The number of hydrogen-bond acceptors (Lipinski definition) is 2. The van der Waals surface area contributed by atoms with Crippen LogP contribution in [0.15, 0.2) is 18.2 Å². The summed E-state index contributed by atoms with van der Waals surface area (Å²) in [5.74, 6) is -1.99. The second-order valence-electron chi connectivity index (χ2n) is 4.72. The van der Waals surface area contributed by atoms with E-state index in [9.17, 15) is 13.6 Å². The van der Waals surface area contributed by atoms with Gasteiger partial charge in [0.25, 0.3) is 0 Å². The molecule has 1 fully saturated rings. The van der Waals surface area contributed by atoms with Crippen LogP contribution in [0, 0.1) is 11.6 Å². The van der Waals surface area contributed by atoms with E-state index in [0.29, 0.717) is 0 Å². The van der Waals surface area contributed by atoms with Crippen LogP contribution in [-0.2, 0) is 0 Å². The summed E-state index contributed by atoms with van der Waals surface area (Å²) >= 11 is 0. The quantitative estimate of drug-likeness (QED) is 0.839.